The molecule has 1 aromatic carbocycles. The molecule has 0 aliphatic heterocycles. The van der Waals surface area contributed by atoms with Crippen molar-refractivity contribution in [3.8, 4) is 5.75 Å². The number of allylic oxidation sites excluding steroid dienone is 1. The van der Waals surface area contributed by atoms with Crippen molar-refractivity contribution in [1.29, 1.82) is 0 Å². The number of rotatable bonds is 7. The predicted molar refractivity (Wildman–Crippen MR) is 70.9 cm³/mol. The molecule has 0 radical (unpaired) electrons. The van der Waals surface area contributed by atoms with Crippen molar-refractivity contribution in [2.75, 3.05) is 27.8 Å². The van der Waals surface area contributed by atoms with Gasteiger partial charge in [0.05, 0.1) is 0 Å². The molecule has 5 nitrogen and oxygen atoms in total. The molecule has 0 aliphatic carbocycles. The van der Waals surface area contributed by atoms with E-state index < -0.39 is 5.97 Å². The Morgan fingerprint density at radius 3 is 2.58 bits per heavy atom. The number of methoxy groups -OCH3 is 2. The van der Waals surface area contributed by atoms with Crippen molar-refractivity contribution in [3.05, 3.63) is 35.4 Å². The van der Waals surface area contributed by atoms with E-state index in [1.807, 2.05) is 25.1 Å². The zero-order valence-electron chi connectivity index (χ0n) is 11.3. The Labute approximate surface area is 112 Å². The summed E-state index contributed by atoms with van der Waals surface area (Å²) in [7, 11) is 2.97. The molecule has 0 saturated heterocycles. The third-order valence-corrected chi connectivity index (χ3v) is 2.24. The quantitative estimate of drug-likeness (QED) is 0.560. The Morgan fingerprint density at radius 1 is 1.21 bits per heavy atom. The van der Waals surface area contributed by atoms with Crippen molar-refractivity contribution in [2.45, 2.75) is 6.92 Å². The highest BCUT2D eigenvalue weighted by atomic mass is 16.7. The van der Waals surface area contributed by atoms with Crippen LogP contribution in [0.1, 0.15) is 22.8 Å². The SMILES string of the molecule is CC=Cc1cccc(C(=O)OCOC)c1OCOC. The summed E-state index contributed by atoms with van der Waals surface area (Å²) in [4.78, 5) is 11.9. The van der Waals surface area contributed by atoms with Crippen LogP contribution in [0, 0.1) is 0 Å². The third kappa shape index (κ3) is 4.39. The molecule has 0 saturated carbocycles. The van der Waals surface area contributed by atoms with E-state index in [1.54, 1.807) is 12.1 Å². The van der Waals surface area contributed by atoms with Crippen LogP contribution in [0.4, 0.5) is 0 Å². The maximum Gasteiger partial charge on any atom is 0.344 e. The Kier molecular flexibility index (Phi) is 6.63. The van der Waals surface area contributed by atoms with Crippen molar-refractivity contribution in [2.24, 2.45) is 0 Å². The standard InChI is InChI=1S/C14H18O5/c1-4-6-11-7-5-8-12(13(11)18-9-16-2)14(15)19-10-17-3/h4-8H,9-10H2,1-3H3. The number of hydrogen-bond acceptors (Lipinski definition) is 5. The first-order valence-electron chi connectivity index (χ1n) is 5.78. The molecule has 0 amide bonds. The van der Waals surface area contributed by atoms with Gasteiger partial charge >= 0.3 is 5.97 Å². The number of hydrogen-bond donors (Lipinski definition) is 0. The molecule has 104 valence electrons. The van der Waals surface area contributed by atoms with Crippen LogP contribution in [-0.4, -0.2) is 33.8 Å². The zero-order valence-corrected chi connectivity index (χ0v) is 11.3. The highest BCUT2D eigenvalue weighted by Crippen LogP contribution is 2.26. The van der Waals surface area contributed by atoms with Crippen LogP contribution in [0.25, 0.3) is 6.08 Å². The zero-order chi connectivity index (χ0) is 14.1. The Bertz CT molecular complexity index is 439. The molecule has 0 heterocycles. The second-order valence-electron chi connectivity index (χ2n) is 3.61. The summed E-state index contributed by atoms with van der Waals surface area (Å²) in [5, 5.41) is 0. The maximum absolute atomic E-state index is 11.9. The summed E-state index contributed by atoms with van der Waals surface area (Å²) < 4.78 is 20.0. The molecule has 1 rings (SSSR count). The van der Waals surface area contributed by atoms with Gasteiger partial charge < -0.3 is 18.9 Å². The molecule has 0 spiro atoms. The first-order chi connectivity index (χ1) is 9.24. The van der Waals surface area contributed by atoms with Crippen LogP contribution in [0.5, 0.6) is 5.75 Å². The predicted octanol–water partition coefficient (Wildman–Crippen LogP) is 2.46. The Morgan fingerprint density at radius 2 is 1.95 bits per heavy atom. The van der Waals surface area contributed by atoms with Crippen LogP contribution >= 0.6 is 0 Å². The smallest absolute Gasteiger partial charge is 0.344 e. The minimum absolute atomic E-state index is 0.0547. The average Bonchev–Trinajstić information content (AvgIpc) is 2.43. The van der Waals surface area contributed by atoms with Crippen LogP contribution in [0.2, 0.25) is 0 Å². The van der Waals surface area contributed by atoms with Gasteiger partial charge in [-0.15, -0.1) is 0 Å². The summed E-state index contributed by atoms with van der Waals surface area (Å²) in [6, 6.07) is 5.24. The molecule has 19 heavy (non-hydrogen) atoms. The van der Waals surface area contributed by atoms with E-state index in [1.165, 1.54) is 14.2 Å². The Balaban J connectivity index is 3.06. The number of carbonyl (C=O) groups is 1. The summed E-state index contributed by atoms with van der Waals surface area (Å²) in [6.45, 7) is 1.84. The normalized spacial score (nSPS) is 10.7. The second-order valence-corrected chi connectivity index (χ2v) is 3.61. The van der Waals surface area contributed by atoms with E-state index in [0.29, 0.717) is 11.3 Å². The lowest BCUT2D eigenvalue weighted by Gasteiger charge is -2.13. The number of ether oxygens (including phenoxy) is 4. The van der Waals surface area contributed by atoms with Gasteiger partial charge in [0, 0.05) is 19.8 Å². The van der Waals surface area contributed by atoms with Crippen molar-refractivity contribution >= 4 is 12.0 Å². The second kappa shape index (κ2) is 8.29. The highest BCUT2D eigenvalue weighted by molar-refractivity contribution is 5.94. The minimum Gasteiger partial charge on any atom is -0.466 e. The molecule has 1 aromatic rings. The van der Waals surface area contributed by atoms with Crippen LogP contribution in [0.15, 0.2) is 24.3 Å². The molecule has 0 atom stereocenters. The van der Waals surface area contributed by atoms with Gasteiger partial charge in [-0.2, -0.15) is 0 Å². The topological polar surface area (TPSA) is 54.0 Å². The minimum atomic E-state index is -0.501. The molecular weight excluding hydrogens is 248 g/mol. The van der Waals surface area contributed by atoms with Crippen LogP contribution < -0.4 is 4.74 Å². The largest absolute Gasteiger partial charge is 0.466 e. The highest BCUT2D eigenvalue weighted by Gasteiger charge is 2.16. The monoisotopic (exact) mass is 266 g/mol. The van der Waals surface area contributed by atoms with Gasteiger partial charge in [0.15, 0.2) is 13.6 Å². The Hall–Kier alpha value is -1.85. The number of para-hydroxylation sites is 1. The summed E-state index contributed by atoms with van der Waals surface area (Å²) in [5.41, 5.74) is 1.12. The lowest BCUT2D eigenvalue weighted by atomic mass is 10.1. The van der Waals surface area contributed by atoms with Crippen molar-refractivity contribution in [1.82, 2.24) is 0 Å². The fourth-order valence-corrected chi connectivity index (χ4v) is 1.50. The molecular formula is C14H18O5. The lowest BCUT2D eigenvalue weighted by Crippen LogP contribution is -2.11. The molecule has 0 N–H and O–H groups in total. The molecule has 0 bridgehead atoms. The van der Waals surface area contributed by atoms with Crippen molar-refractivity contribution in [3.63, 3.8) is 0 Å². The van der Waals surface area contributed by atoms with E-state index in [2.05, 4.69) is 0 Å². The van der Waals surface area contributed by atoms with Gasteiger partial charge in [0.25, 0.3) is 0 Å². The summed E-state index contributed by atoms with van der Waals surface area (Å²) in [5.74, 6) is -0.0668. The molecule has 0 fully saturated rings. The number of esters is 1. The summed E-state index contributed by atoms with van der Waals surface area (Å²) >= 11 is 0. The van der Waals surface area contributed by atoms with Gasteiger partial charge in [-0.05, 0) is 13.0 Å². The maximum atomic E-state index is 11.9. The van der Waals surface area contributed by atoms with Gasteiger partial charge in [-0.25, -0.2) is 4.79 Å². The van der Waals surface area contributed by atoms with E-state index in [9.17, 15) is 4.79 Å². The summed E-state index contributed by atoms with van der Waals surface area (Å²) in [6.07, 6.45) is 3.71. The van der Waals surface area contributed by atoms with E-state index in [0.717, 1.165) is 5.56 Å². The van der Waals surface area contributed by atoms with Crippen LogP contribution in [-0.2, 0) is 14.2 Å². The molecule has 0 unspecified atom stereocenters. The molecule has 0 aliphatic rings. The van der Waals surface area contributed by atoms with E-state index >= 15 is 0 Å². The average molecular weight is 266 g/mol. The third-order valence-electron chi connectivity index (χ3n) is 2.24. The first-order valence-corrected chi connectivity index (χ1v) is 5.78. The van der Waals surface area contributed by atoms with Crippen LogP contribution in [0.3, 0.4) is 0 Å². The number of carbonyl (C=O) groups excluding carboxylic acids is 1. The fraction of sp³-hybridized carbons (Fsp3) is 0.357. The van der Waals surface area contributed by atoms with Gasteiger partial charge in [0.1, 0.15) is 11.3 Å². The van der Waals surface area contributed by atoms with Gasteiger partial charge in [-0.3, -0.25) is 0 Å². The lowest BCUT2D eigenvalue weighted by molar-refractivity contribution is -0.0132. The first kappa shape index (κ1) is 15.2. The van der Waals surface area contributed by atoms with Gasteiger partial charge in [0.2, 0.25) is 0 Å². The molecule has 0 aromatic heterocycles. The van der Waals surface area contributed by atoms with Crippen molar-refractivity contribution < 1.29 is 23.7 Å². The molecule has 5 heteroatoms. The van der Waals surface area contributed by atoms with E-state index in [-0.39, 0.29) is 13.6 Å². The van der Waals surface area contributed by atoms with Gasteiger partial charge in [-0.1, -0.05) is 24.3 Å². The number of benzene rings is 1. The fourth-order valence-electron chi connectivity index (χ4n) is 1.50. The van der Waals surface area contributed by atoms with E-state index in [4.69, 9.17) is 18.9 Å².